The third-order valence-electron chi connectivity index (χ3n) is 10.4. The van der Waals surface area contributed by atoms with Crippen LogP contribution in [0.15, 0.2) is 110 Å². The highest BCUT2D eigenvalue weighted by Gasteiger charge is 2.79. The first-order chi connectivity index (χ1) is 23.8. The average molecular weight is 661 g/mol. The number of carbonyl (C=O) groups excluding carboxylic acids is 3. The summed E-state index contributed by atoms with van der Waals surface area (Å²) < 4.78 is 8.58. The molecule has 1 spiro atoms. The second-order valence-electron chi connectivity index (χ2n) is 13.2. The van der Waals surface area contributed by atoms with Crippen LogP contribution in [0.5, 0.6) is 0 Å². The van der Waals surface area contributed by atoms with E-state index in [1.165, 1.54) is 4.90 Å². The van der Waals surface area contributed by atoms with Crippen LogP contribution in [0.4, 0.5) is 5.69 Å². The minimum Gasteiger partial charge on any atom is -0.394 e. The van der Waals surface area contributed by atoms with Gasteiger partial charge in [0.1, 0.15) is 23.8 Å². The van der Waals surface area contributed by atoms with Crippen molar-refractivity contribution in [3.05, 3.63) is 116 Å². The first-order valence-electron chi connectivity index (χ1n) is 16.6. The van der Waals surface area contributed by atoms with Gasteiger partial charge in [0.25, 0.3) is 0 Å². The summed E-state index contributed by atoms with van der Waals surface area (Å²) in [6, 6.07) is 23.9. The highest BCUT2D eigenvalue weighted by molar-refractivity contribution is 6.03. The van der Waals surface area contributed by atoms with Gasteiger partial charge >= 0.3 is 0 Å². The zero-order valence-corrected chi connectivity index (χ0v) is 27.5. The van der Waals surface area contributed by atoms with Gasteiger partial charge in [-0.2, -0.15) is 0 Å². The number of ether oxygens (including phenoxy) is 1. The summed E-state index contributed by atoms with van der Waals surface area (Å²) in [5.74, 6) is -2.87. The number of likely N-dealkylation sites (tertiary alicyclic amines) is 1. The molecule has 252 valence electrons. The average Bonchev–Trinajstić information content (AvgIpc) is 3.83. The lowest BCUT2D eigenvalue weighted by Crippen LogP contribution is -2.57. The van der Waals surface area contributed by atoms with Gasteiger partial charge in [0.15, 0.2) is 0 Å². The Morgan fingerprint density at radius 3 is 2.35 bits per heavy atom. The van der Waals surface area contributed by atoms with Crippen LogP contribution in [0.25, 0.3) is 11.0 Å². The number of hydrogen-bond donors (Lipinski definition) is 1. The normalized spacial score (nSPS) is 26.0. The lowest BCUT2D eigenvalue weighted by Gasteiger charge is -2.39. The summed E-state index contributed by atoms with van der Waals surface area (Å²) in [4.78, 5) is 49.6. The largest absolute Gasteiger partial charge is 0.394 e. The fourth-order valence-electron chi connectivity index (χ4n) is 8.34. The SMILES string of the molecule is C=CCN(Cn1nnc2ccccc21)C(=O)C1N([C@H](CO)c2ccccc2)C(=O)[C@@H]2[C@H](C(=O)N(CC=C)c3ccccc3)[C@]3(C)CCC12O3. The second-order valence-corrected chi connectivity index (χ2v) is 13.2. The molecule has 2 unspecified atom stereocenters. The predicted octanol–water partition coefficient (Wildman–Crippen LogP) is 4.12. The maximum atomic E-state index is 15.1. The number of amides is 3. The maximum Gasteiger partial charge on any atom is 0.250 e. The Bertz CT molecular complexity index is 1900. The Labute approximate surface area is 285 Å². The molecule has 11 nitrogen and oxygen atoms in total. The molecule has 3 amide bonds. The Kier molecular flexibility index (Phi) is 8.41. The monoisotopic (exact) mass is 660 g/mol. The molecule has 6 atom stereocenters. The number of hydrogen-bond acceptors (Lipinski definition) is 7. The smallest absolute Gasteiger partial charge is 0.250 e. The standard InChI is InChI=1S/C38H40N6O5/c1-4-22-41(25-43-29-19-13-12-18-28(29)39-40-43)36(48)33-38-21-20-37(3,49-38)31(34(46)42(23-5-2)27-16-10-7-11-17-27)32(38)35(47)44(33)30(24-45)26-14-8-6-9-15-26/h4-19,30-33,45H,1-2,20-25H2,3H3/t30-,31-,32+,33?,37+,38?/m1/s1. The van der Waals surface area contributed by atoms with E-state index in [9.17, 15) is 9.90 Å². The Hall–Kier alpha value is -5.13. The van der Waals surface area contributed by atoms with Gasteiger partial charge in [-0.1, -0.05) is 78.0 Å². The van der Waals surface area contributed by atoms with E-state index >= 15 is 9.59 Å². The molecule has 3 aliphatic rings. The molecule has 0 radical (unpaired) electrons. The molecule has 4 heterocycles. The van der Waals surface area contributed by atoms with Gasteiger partial charge in [0.2, 0.25) is 17.7 Å². The fourth-order valence-corrected chi connectivity index (χ4v) is 8.34. The van der Waals surface area contributed by atoms with E-state index in [0.29, 0.717) is 29.6 Å². The third-order valence-corrected chi connectivity index (χ3v) is 10.4. The molecular formula is C38H40N6O5. The van der Waals surface area contributed by atoms with Crippen LogP contribution in [0.2, 0.25) is 0 Å². The van der Waals surface area contributed by atoms with Crippen LogP contribution >= 0.6 is 0 Å². The van der Waals surface area contributed by atoms with E-state index < -0.39 is 41.7 Å². The molecule has 3 aliphatic heterocycles. The number of aromatic nitrogens is 3. The molecule has 49 heavy (non-hydrogen) atoms. The van der Waals surface area contributed by atoms with Crippen molar-refractivity contribution in [2.75, 3.05) is 24.6 Å². The number of fused-ring (bicyclic) bond motifs is 2. The summed E-state index contributed by atoms with van der Waals surface area (Å²) >= 11 is 0. The van der Waals surface area contributed by atoms with Gasteiger partial charge in [0, 0.05) is 18.8 Å². The lowest BCUT2D eigenvalue weighted by molar-refractivity contribution is -0.156. The van der Waals surface area contributed by atoms with Crippen molar-refractivity contribution in [2.24, 2.45) is 11.8 Å². The molecule has 1 aromatic heterocycles. The molecule has 7 rings (SSSR count). The number of carbonyl (C=O) groups is 3. The second kappa shape index (κ2) is 12.7. The van der Waals surface area contributed by atoms with E-state index in [1.807, 2.05) is 91.9 Å². The summed E-state index contributed by atoms with van der Waals surface area (Å²) in [5, 5.41) is 19.5. The molecule has 3 fully saturated rings. The molecule has 1 N–H and O–H groups in total. The van der Waals surface area contributed by atoms with E-state index in [0.717, 1.165) is 5.52 Å². The van der Waals surface area contributed by atoms with Gasteiger partial charge in [-0.3, -0.25) is 14.4 Å². The summed E-state index contributed by atoms with van der Waals surface area (Å²) in [5.41, 5.74) is 0.471. The molecule has 0 saturated carbocycles. The van der Waals surface area contributed by atoms with Crippen LogP contribution < -0.4 is 4.90 Å². The highest BCUT2D eigenvalue weighted by Crippen LogP contribution is 2.64. The predicted molar refractivity (Wildman–Crippen MR) is 184 cm³/mol. The van der Waals surface area contributed by atoms with Crippen LogP contribution in [0.3, 0.4) is 0 Å². The molecule has 2 bridgehead atoms. The number of rotatable bonds is 12. The topological polar surface area (TPSA) is 121 Å². The molecular weight excluding hydrogens is 620 g/mol. The van der Waals surface area contributed by atoms with Crippen molar-refractivity contribution < 1.29 is 24.2 Å². The third kappa shape index (κ3) is 5.15. The van der Waals surface area contributed by atoms with Crippen LogP contribution in [-0.2, 0) is 25.8 Å². The van der Waals surface area contributed by atoms with Crippen molar-refractivity contribution in [1.82, 2.24) is 24.8 Å². The first-order valence-corrected chi connectivity index (χ1v) is 16.6. The van der Waals surface area contributed by atoms with E-state index in [1.54, 1.807) is 26.6 Å². The van der Waals surface area contributed by atoms with Crippen molar-refractivity contribution in [3.8, 4) is 0 Å². The molecule has 4 aromatic rings. The van der Waals surface area contributed by atoms with Crippen LogP contribution in [-0.4, -0.2) is 84.6 Å². The van der Waals surface area contributed by atoms with E-state index in [-0.39, 0.29) is 37.5 Å². The summed E-state index contributed by atoms with van der Waals surface area (Å²) in [6.07, 6.45) is 4.16. The molecule has 0 aliphatic carbocycles. The number of para-hydroxylation sites is 2. The minimum atomic E-state index is -1.31. The summed E-state index contributed by atoms with van der Waals surface area (Å²) in [6.45, 7) is 9.67. The molecule has 11 heteroatoms. The highest BCUT2D eigenvalue weighted by atomic mass is 16.5. The van der Waals surface area contributed by atoms with Gasteiger partial charge in [-0.15, -0.1) is 18.3 Å². The zero-order valence-electron chi connectivity index (χ0n) is 27.5. The Morgan fingerprint density at radius 1 is 0.980 bits per heavy atom. The van der Waals surface area contributed by atoms with E-state index in [2.05, 4.69) is 23.5 Å². The van der Waals surface area contributed by atoms with Crippen LogP contribution in [0.1, 0.15) is 31.4 Å². The van der Waals surface area contributed by atoms with Crippen molar-refractivity contribution in [3.63, 3.8) is 0 Å². The maximum absolute atomic E-state index is 15.1. The number of aliphatic hydroxyl groups excluding tert-OH is 1. The number of nitrogens with zero attached hydrogens (tertiary/aromatic N) is 6. The van der Waals surface area contributed by atoms with Gasteiger partial charge in [-0.25, -0.2) is 4.68 Å². The van der Waals surface area contributed by atoms with Gasteiger partial charge < -0.3 is 24.5 Å². The van der Waals surface area contributed by atoms with Crippen molar-refractivity contribution in [1.29, 1.82) is 0 Å². The molecule has 3 saturated heterocycles. The summed E-state index contributed by atoms with van der Waals surface area (Å²) in [7, 11) is 0. The quantitative estimate of drug-likeness (QED) is 0.227. The zero-order chi connectivity index (χ0) is 34.3. The molecule has 3 aromatic carbocycles. The van der Waals surface area contributed by atoms with Gasteiger partial charge in [0.05, 0.1) is 35.6 Å². The van der Waals surface area contributed by atoms with E-state index in [4.69, 9.17) is 4.74 Å². The Balaban J connectivity index is 1.34. The van der Waals surface area contributed by atoms with Crippen molar-refractivity contribution >= 4 is 34.4 Å². The Morgan fingerprint density at radius 2 is 1.65 bits per heavy atom. The first kappa shape index (κ1) is 32.4. The van der Waals surface area contributed by atoms with Crippen molar-refractivity contribution in [2.45, 2.75) is 49.7 Å². The number of benzene rings is 3. The lowest BCUT2D eigenvalue weighted by atomic mass is 9.66. The minimum absolute atomic E-state index is 0.0422. The fraction of sp³-hybridized carbons (Fsp3) is 0.342. The number of aliphatic hydroxyl groups is 1. The van der Waals surface area contributed by atoms with Gasteiger partial charge in [-0.05, 0) is 49.6 Å². The van der Waals surface area contributed by atoms with Crippen LogP contribution in [0, 0.1) is 11.8 Å². The number of anilines is 1.